The molecule has 0 spiro atoms. The molecular weight excluding hydrogens is 463 g/mol. The molecule has 3 heterocycles. The first-order valence-electron chi connectivity index (χ1n) is 11.9. The lowest BCUT2D eigenvalue weighted by Gasteiger charge is -2.43. The van der Waals surface area contributed by atoms with Crippen molar-refractivity contribution >= 4 is 17.1 Å². The summed E-state index contributed by atoms with van der Waals surface area (Å²) in [7, 11) is 0. The van der Waals surface area contributed by atoms with E-state index in [1.807, 2.05) is 12.1 Å². The minimum Gasteiger partial charge on any atom is -0.390 e. The van der Waals surface area contributed by atoms with Gasteiger partial charge in [-0.1, -0.05) is 0 Å². The van der Waals surface area contributed by atoms with Gasteiger partial charge in [0.2, 0.25) is 0 Å². The van der Waals surface area contributed by atoms with E-state index in [1.54, 1.807) is 30.5 Å². The second kappa shape index (κ2) is 9.48. The van der Waals surface area contributed by atoms with E-state index >= 15 is 0 Å². The summed E-state index contributed by atoms with van der Waals surface area (Å²) >= 11 is 0. The number of rotatable bonds is 8. The highest BCUT2D eigenvalue weighted by Gasteiger charge is 2.39. The maximum absolute atomic E-state index is 14.2. The van der Waals surface area contributed by atoms with Crippen molar-refractivity contribution in [3.63, 3.8) is 0 Å². The van der Waals surface area contributed by atoms with Crippen LogP contribution in [0.1, 0.15) is 56.5 Å². The molecule has 1 atom stereocenters. The Labute approximate surface area is 209 Å². The summed E-state index contributed by atoms with van der Waals surface area (Å²) in [5.74, 6) is -0.376. The van der Waals surface area contributed by atoms with Crippen LogP contribution in [0.15, 0.2) is 36.7 Å². The van der Waals surface area contributed by atoms with Crippen LogP contribution in [-0.2, 0) is 0 Å². The number of amides is 1. The van der Waals surface area contributed by atoms with Crippen molar-refractivity contribution in [2.45, 2.75) is 64.0 Å². The molecule has 1 saturated carbocycles. The van der Waals surface area contributed by atoms with Crippen LogP contribution in [0.4, 0.5) is 10.1 Å². The van der Waals surface area contributed by atoms with Crippen LogP contribution in [0.3, 0.4) is 0 Å². The van der Waals surface area contributed by atoms with Gasteiger partial charge < -0.3 is 20.8 Å². The SMILES string of the molecule is CC(C)(O)[C@H](F)CNC(=O)c1cnc(-c2ccc3cc(C#N)cnn23)cc1N[C@H]1C[C@H](C(C)(C)O)C1. The number of halogens is 1. The molecule has 1 amide bonds. The maximum Gasteiger partial charge on any atom is 0.255 e. The highest BCUT2D eigenvalue weighted by Crippen LogP contribution is 2.38. The number of carbonyl (C=O) groups excluding carboxylic acids is 1. The summed E-state index contributed by atoms with van der Waals surface area (Å²) in [5, 5.41) is 39.5. The average molecular weight is 495 g/mol. The van der Waals surface area contributed by atoms with Gasteiger partial charge in [-0.25, -0.2) is 8.91 Å². The van der Waals surface area contributed by atoms with E-state index in [0.29, 0.717) is 22.6 Å². The van der Waals surface area contributed by atoms with E-state index < -0.39 is 23.3 Å². The lowest BCUT2D eigenvalue weighted by atomic mass is 9.71. The summed E-state index contributed by atoms with van der Waals surface area (Å²) in [6.07, 6.45) is 2.73. The van der Waals surface area contributed by atoms with Gasteiger partial charge in [0, 0.05) is 12.2 Å². The molecule has 36 heavy (non-hydrogen) atoms. The number of fused-ring (bicyclic) bond motifs is 1. The molecule has 0 saturated heterocycles. The molecular formula is C26H31FN6O3. The van der Waals surface area contributed by atoms with Crippen LogP contribution in [0.2, 0.25) is 0 Å². The molecule has 9 nitrogen and oxygen atoms in total. The normalized spacial score (nSPS) is 18.8. The van der Waals surface area contributed by atoms with Gasteiger partial charge in [-0.05, 0) is 70.7 Å². The Hall–Kier alpha value is -3.55. The fourth-order valence-corrected chi connectivity index (χ4v) is 4.21. The number of aliphatic hydroxyl groups is 2. The van der Waals surface area contributed by atoms with Crippen LogP contribution < -0.4 is 10.6 Å². The van der Waals surface area contributed by atoms with Crippen molar-refractivity contribution in [3.05, 3.63) is 47.8 Å². The first-order chi connectivity index (χ1) is 16.9. The molecule has 3 aromatic heterocycles. The average Bonchev–Trinajstić information content (AvgIpc) is 3.20. The number of nitriles is 1. The van der Waals surface area contributed by atoms with E-state index in [0.717, 1.165) is 18.4 Å². The quantitative estimate of drug-likeness (QED) is 0.378. The first-order valence-corrected chi connectivity index (χ1v) is 11.9. The third-order valence-electron chi connectivity index (χ3n) is 6.75. The fourth-order valence-electron chi connectivity index (χ4n) is 4.21. The number of hydrogen-bond donors (Lipinski definition) is 4. The van der Waals surface area contributed by atoms with Crippen LogP contribution in [0, 0.1) is 17.2 Å². The van der Waals surface area contributed by atoms with Crippen molar-refractivity contribution in [1.29, 1.82) is 5.26 Å². The molecule has 0 aliphatic heterocycles. The molecule has 10 heteroatoms. The Morgan fingerprint density at radius 3 is 2.61 bits per heavy atom. The Morgan fingerprint density at radius 2 is 1.97 bits per heavy atom. The van der Waals surface area contributed by atoms with Crippen molar-refractivity contribution in [2.24, 2.45) is 5.92 Å². The lowest BCUT2D eigenvalue weighted by molar-refractivity contribution is -0.0230. The molecule has 1 aliphatic rings. The number of anilines is 1. The Balaban J connectivity index is 1.63. The first kappa shape index (κ1) is 25.5. The van der Waals surface area contributed by atoms with Gasteiger partial charge in [0.15, 0.2) is 0 Å². The number of carbonyl (C=O) groups is 1. The lowest BCUT2D eigenvalue weighted by Crippen LogP contribution is -2.46. The molecule has 4 rings (SSSR count). The van der Waals surface area contributed by atoms with Gasteiger partial charge in [-0.15, -0.1) is 0 Å². The summed E-state index contributed by atoms with van der Waals surface area (Å²) in [6, 6.07) is 9.25. The van der Waals surface area contributed by atoms with Crippen LogP contribution in [0.25, 0.3) is 16.9 Å². The smallest absolute Gasteiger partial charge is 0.255 e. The van der Waals surface area contributed by atoms with E-state index in [9.17, 15) is 19.4 Å². The van der Waals surface area contributed by atoms with Crippen molar-refractivity contribution in [3.8, 4) is 17.5 Å². The van der Waals surface area contributed by atoms with Crippen LogP contribution in [-0.4, -0.2) is 60.7 Å². The minimum atomic E-state index is -1.64. The molecule has 0 radical (unpaired) electrons. The van der Waals surface area contributed by atoms with E-state index in [-0.39, 0.29) is 24.1 Å². The fraction of sp³-hybridized carbons (Fsp3) is 0.462. The maximum atomic E-state index is 14.2. The summed E-state index contributed by atoms with van der Waals surface area (Å²) in [6.45, 7) is 5.92. The van der Waals surface area contributed by atoms with Gasteiger partial charge in [-0.2, -0.15) is 10.4 Å². The van der Waals surface area contributed by atoms with E-state index in [1.165, 1.54) is 26.2 Å². The van der Waals surface area contributed by atoms with Gasteiger partial charge in [0.25, 0.3) is 5.91 Å². The highest BCUT2D eigenvalue weighted by molar-refractivity contribution is 6.00. The van der Waals surface area contributed by atoms with Crippen LogP contribution in [0.5, 0.6) is 0 Å². The Bertz CT molecular complexity index is 1310. The summed E-state index contributed by atoms with van der Waals surface area (Å²) in [4.78, 5) is 17.4. The highest BCUT2D eigenvalue weighted by atomic mass is 19.1. The minimum absolute atomic E-state index is 0.0499. The number of nitrogens with zero attached hydrogens (tertiary/aromatic N) is 4. The molecule has 0 aromatic carbocycles. The number of nitrogens with one attached hydrogen (secondary N) is 2. The molecule has 0 bridgehead atoms. The molecule has 0 unspecified atom stereocenters. The van der Waals surface area contributed by atoms with Crippen LogP contribution >= 0.6 is 0 Å². The monoisotopic (exact) mass is 494 g/mol. The standard InChI is InChI=1S/C26H31FN6O3/c1-25(2,35)16-8-17(9-16)32-20-10-21(22-6-5-18-7-15(11-28)12-31-33(18)22)29-13-19(20)24(34)30-14-23(27)26(3,4)36/h5-7,10,12-13,16-17,23,35-36H,8-9,14H2,1-4H3,(H,29,32)(H,30,34)/t16-,17-,23-/m1/s1. The van der Waals surface area contributed by atoms with E-state index in [4.69, 9.17) is 5.26 Å². The van der Waals surface area contributed by atoms with Crippen molar-refractivity contribution < 1.29 is 19.4 Å². The third kappa shape index (κ3) is 5.32. The van der Waals surface area contributed by atoms with E-state index in [2.05, 4.69) is 26.8 Å². The van der Waals surface area contributed by atoms with Gasteiger partial charge in [0.1, 0.15) is 12.2 Å². The largest absolute Gasteiger partial charge is 0.390 e. The number of alkyl halides is 1. The Morgan fingerprint density at radius 1 is 1.25 bits per heavy atom. The number of hydrogen-bond acceptors (Lipinski definition) is 7. The zero-order valence-electron chi connectivity index (χ0n) is 20.8. The number of pyridine rings is 1. The zero-order chi connectivity index (χ0) is 26.3. The van der Waals surface area contributed by atoms with Gasteiger partial charge in [-0.3, -0.25) is 9.78 Å². The second-order valence-electron chi connectivity index (χ2n) is 10.5. The molecule has 190 valence electrons. The number of aromatic nitrogens is 3. The van der Waals surface area contributed by atoms with Crippen molar-refractivity contribution in [2.75, 3.05) is 11.9 Å². The molecule has 4 N–H and O–H groups in total. The molecule has 1 fully saturated rings. The topological polar surface area (TPSA) is 136 Å². The van der Waals surface area contributed by atoms with Gasteiger partial charge >= 0.3 is 0 Å². The molecule has 3 aromatic rings. The molecule has 1 aliphatic carbocycles. The Kier molecular flexibility index (Phi) is 6.73. The second-order valence-corrected chi connectivity index (χ2v) is 10.5. The predicted molar refractivity (Wildman–Crippen MR) is 133 cm³/mol. The predicted octanol–water partition coefficient (Wildman–Crippen LogP) is 3.07. The zero-order valence-corrected chi connectivity index (χ0v) is 20.8. The van der Waals surface area contributed by atoms with Gasteiger partial charge in [0.05, 0.1) is 57.7 Å². The third-order valence-corrected chi connectivity index (χ3v) is 6.75. The summed E-state index contributed by atoms with van der Waals surface area (Å²) < 4.78 is 15.9. The van der Waals surface area contributed by atoms with Crippen molar-refractivity contribution in [1.82, 2.24) is 19.9 Å². The summed E-state index contributed by atoms with van der Waals surface area (Å²) in [5.41, 5.74) is 0.820.